The van der Waals surface area contributed by atoms with Gasteiger partial charge < -0.3 is 5.73 Å². The number of anilines is 1. The van der Waals surface area contributed by atoms with Crippen LogP contribution in [0, 0.1) is 0 Å². The number of nitrogens with two attached hydrogens (primary N) is 1. The zero-order valence-corrected chi connectivity index (χ0v) is 14.0. The van der Waals surface area contributed by atoms with Crippen LogP contribution in [0.4, 0.5) is 5.69 Å². The Hall–Kier alpha value is -1.22. The first-order valence-corrected chi connectivity index (χ1v) is 8.66. The zero-order valence-electron chi connectivity index (χ0n) is 11.6. The van der Waals surface area contributed by atoms with Gasteiger partial charge in [-0.3, -0.25) is 9.71 Å². The maximum atomic E-state index is 12.3. The molecule has 1 aromatic heterocycles. The van der Waals surface area contributed by atoms with Gasteiger partial charge >= 0.3 is 10.2 Å². The highest BCUT2D eigenvalue weighted by molar-refractivity contribution is 9.10. The molecule has 0 amide bonds. The zero-order chi connectivity index (χ0) is 15.5. The molecule has 2 rings (SSSR count). The summed E-state index contributed by atoms with van der Waals surface area (Å²) in [4.78, 5) is 4.27. The van der Waals surface area contributed by atoms with E-state index in [1.165, 1.54) is 11.4 Å². The molecule has 114 valence electrons. The van der Waals surface area contributed by atoms with Crippen molar-refractivity contribution in [3.05, 3.63) is 34.9 Å². The summed E-state index contributed by atoms with van der Waals surface area (Å²) in [6, 6.07) is 7.24. The van der Waals surface area contributed by atoms with Crippen LogP contribution < -0.4 is 10.5 Å². The van der Waals surface area contributed by atoms with E-state index in [2.05, 4.69) is 25.6 Å². The fraction of sp³-hybridized carbons (Fsp3) is 0.308. The first kappa shape index (κ1) is 16.2. The van der Waals surface area contributed by atoms with Gasteiger partial charge in [0.15, 0.2) is 0 Å². The molecule has 0 aliphatic carbocycles. The number of nitrogens with zero attached hydrogens (tertiary/aromatic N) is 2. The van der Waals surface area contributed by atoms with Gasteiger partial charge in [0.05, 0.1) is 11.2 Å². The Morgan fingerprint density at radius 1 is 1.43 bits per heavy atom. The second-order valence-electron chi connectivity index (χ2n) is 4.60. The van der Waals surface area contributed by atoms with Gasteiger partial charge in [-0.25, -0.2) is 0 Å². The molecule has 0 aliphatic heterocycles. The summed E-state index contributed by atoms with van der Waals surface area (Å²) in [5, 5.41) is 0.856. The number of fused-ring (bicyclic) bond motifs is 1. The van der Waals surface area contributed by atoms with E-state index < -0.39 is 10.2 Å². The molecule has 0 saturated carbocycles. The van der Waals surface area contributed by atoms with Crippen LogP contribution in [0.15, 0.2) is 34.9 Å². The predicted octanol–water partition coefficient (Wildman–Crippen LogP) is 1.93. The number of benzene rings is 1. The quantitative estimate of drug-likeness (QED) is 0.810. The molecule has 0 atom stereocenters. The van der Waals surface area contributed by atoms with E-state index >= 15 is 0 Å². The highest BCUT2D eigenvalue weighted by atomic mass is 79.9. The number of halogens is 1. The van der Waals surface area contributed by atoms with Gasteiger partial charge in [-0.1, -0.05) is 12.1 Å². The molecule has 0 aliphatic rings. The predicted molar refractivity (Wildman–Crippen MR) is 88.3 cm³/mol. The molecule has 1 aromatic carbocycles. The van der Waals surface area contributed by atoms with E-state index in [0.29, 0.717) is 30.7 Å². The summed E-state index contributed by atoms with van der Waals surface area (Å²) >= 11 is 3.35. The summed E-state index contributed by atoms with van der Waals surface area (Å²) in [5.74, 6) is 0. The monoisotopic (exact) mass is 372 g/mol. The molecule has 0 bridgehead atoms. The van der Waals surface area contributed by atoms with Crippen LogP contribution in [0.3, 0.4) is 0 Å². The summed E-state index contributed by atoms with van der Waals surface area (Å²) in [7, 11) is -2.09. The second kappa shape index (κ2) is 6.69. The van der Waals surface area contributed by atoms with Crippen LogP contribution in [-0.2, 0) is 10.2 Å². The van der Waals surface area contributed by atoms with Crippen molar-refractivity contribution in [1.82, 2.24) is 9.29 Å². The molecular weight excluding hydrogens is 356 g/mol. The number of rotatable bonds is 6. The minimum atomic E-state index is -3.61. The highest BCUT2D eigenvalue weighted by Gasteiger charge is 2.18. The Labute approximate surface area is 132 Å². The lowest BCUT2D eigenvalue weighted by atomic mass is 10.2. The van der Waals surface area contributed by atoms with Crippen LogP contribution in [-0.4, -0.2) is 37.8 Å². The SMILES string of the molecule is CN(CCCN)S(=O)(=O)Nc1cccc2cc(Br)cnc12. The summed E-state index contributed by atoms with van der Waals surface area (Å²) < 4.78 is 29.2. The summed E-state index contributed by atoms with van der Waals surface area (Å²) in [6.45, 7) is 0.819. The molecule has 1 heterocycles. The van der Waals surface area contributed by atoms with Crippen molar-refractivity contribution < 1.29 is 8.42 Å². The van der Waals surface area contributed by atoms with Crippen molar-refractivity contribution in [3.63, 3.8) is 0 Å². The first-order chi connectivity index (χ1) is 9.94. The van der Waals surface area contributed by atoms with Gasteiger partial charge in [0.2, 0.25) is 0 Å². The van der Waals surface area contributed by atoms with Gasteiger partial charge in [-0.05, 0) is 41.0 Å². The van der Waals surface area contributed by atoms with Gasteiger partial charge in [0.25, 0.3) is 0 Å². The minimum Gasteiger partial charge on any atom is -0.330 e. The van der Waals surface area contributed by atoms with E-state index in [9.17, 15) is 8.42 Å². The van der Waals surface area contributed by atoms with Crippen molar-refractivity contribution >= 4 is 42.7 Å². The largest absolute Gasteiger partial charge is 0.330 e. The lowest BCUT2D eigenvalue weighted by Crippen LogP contribution is -2.34. The average molecular weight is 373 g/mol. The smallest absolute Gasteiger partial charge is 0.301 e. The lowest BCUT2D eigenvalue weighted by molar-refractivity contribution is 0.468. The molecule has 0 fully saturated rings. The normalized spacial score (nSPS) is 12.0. The number of aromatic nitrogens is 1. The van der Waals surface area contributed by atoms with Crippen LogP contribution in [0.2, 0.25) is 0 Å². The first-order valence-electron chi connectivity index (χ1n) is 6.42. The van der Waals surface area contributed by atoms with E-state index in [-0.39, 0.29) is 0 Å². The molecule has 6 nitrogen and oxygen atoms in total. The van der Waals surface area contributed by atoms with Crippen molar-refractivity contribution in [3.8, 4) is 0 Å². The summed E-state index contributed by atoms with van der Waals surface area (Å²) in [6.07, 6.45) is 2.25. The van der Waals surface area contributed by atoms with E-state index in [4.69, 9.17) is 5.73 Å². The Balaban J connectivity index is 2.31. The molecule has 0 saturated heterocycles. The lowest BCUT2D eigenvalue weighted by Gasteiger charge is -2.18. The van der Waals surface area contributed by atoms with Crippen molar-refractivity contribution in [2.75, 3.05) is 24.9 Å². The van der Waals surface area contributed by atoms with Crippen molar-refractivity contribution in [2.24, 2.45) is 5.73 Å². The molecule has 0 spiro atoms. The number of para-hydroxylation sites is 1. The topological polar surface area (TPSA) is 88.3 Å². The number of pyridine rings is 1. The fourth-order valence-electron chi connectivity index (χ4n) is 1.87. The van der Waals surface area contributed by atoms with Crippen LogP contribution in [0.5, 0.6) is 0 Å². The molecule has 21 heavy (non-hydrogen) atoms. The molecule has 2 aromatic rings. The third-order valence-corrected chi connectivity index (χ3v) is 4.92. The maximum Gasteiger partial charge on any atom is 0.301 e. The van der Waals surface area contributed by atoms with Crippen LogP contribution in [0.1, 0.15) is 6.42 Å². The minimum absolute atomic E-state index is 0.371. The van der Waals surface area contributed by atoms with Crippen LogP contribution >= 0.6 is 15.9 Å². The molecule has 8 heteroatoms. The van der Waals surface area contributed by atoms with Gasteiger partial charge in [0.1, 0.15) is 0 Å². The number of hydrogen-bond donors (Lipinski definition) is 2. The molecule has 0 unspecified atom stereocenters. The highest BCUT2D eigenvalue weighted by Crippen LogP contribution is 2.25. The standard InChI is InChI=1S/C13H17BrN4O2S/c1-18(7-3-6-15)21(19,20)17-12-5-2-4-10-8-11(14)9-16-13(10)12/h2,4-5,8-9,17H,3,6-7,15H2,1H3. The molecular formula is C13H17BrN4O2S. The number of nitrogens with one attached hydrogen (secondary N) is 1. The number of hydrogen-bond acceptors (Lipinski definition) is 4. The average Bonchev–Trinajstić information content (AvgIpc) is 2.44. The third-order valence-electron chi connectivity index (χ3n) is 3.00. The second-order valence-corrected chi connectivity index (χ2v) is 7.29. The molecule has 3 N–H and O–H groups in total. The van der Waals surface area contributed by atoms with Crippen LogP contribution in [0.25, 0.3) is 10.9 Å². The van der Waals surface area contributed by atoms with Gasteiger partial charge in [-0.15, -0.1) is 0 Å². The third kappa shape index (κ3) is 3.91. The molecule has 0 radical (unpaired) electrons. The van der Waals surface area contributed by atoms with E-state index in [0.717, 1.165) is 9.86 Å². The Bertz CT molecular complexity index is 736. The Morgan fingerprint density at radius 2 is 2.19 bits per heavy atom. The summed E-state index contributed by atoms with van der Waals surface area (Å²) in [5.41, 5.74) is 6.47. The van der Waals surface area contributed by atoms with Gasteiger partial charge in [0, 0.05) is 29.6 Å². The van der Waals surface area contributed by atoms with Crippen molar-refractivity contribution in [2.45, 2.75) is 6.42 Å². The fourth-order valence-corrected chi connectivity index (χ4v) is 3.18. The van der Waals surface area contributed by atoms with E-state index in [1.54, 1.807) is 18.3 Å². The Kier molecular flexibility index (Phi) is 5.15. The van der Waals surface area contributed by atoms with Gasteiger partial charge in [-0.2, -0.15) is 12.7 Å². The van der Waals surface area contributed by atoms with E-state index in [1.807, 2.05) is 12.1 Å². The van der Waals surface area contributed by atoms with Crippen molar-refractivity contribution in [1.29, 1.82) is 0 Å². The Morgan fingerprint density at radius 3 is 2.90 bits per heavy atom. The maximum absolute atomic E-state index is 12.3.